The van der Waals surface area contributed by atoms with Gasteiger partial charge in [0.2, 0.25) is 5.91 Å². The van der Waals surface area contributed by atoms with Gasteiger partial charge in [0.1, 0.15) is 11.8 Å². The van der Waals surface area contributed by atoms with Gasteiger partial charge in [0, 0.05) is 13.3 Å². The Morgan fingerprint density at radius 3 is 2.65 bits per heavy atom. The van der Waals surface area contributed by atoms with Gasteiger partial charge in [-0.3, -0.25) is 4.79 Å². The molecule has 0 heterocycles. The maximum atomic E-state index is 11.1. The lowest BCUT2D eigenvalue weighted by Crippen LogP contribution is -2.41. The summed E-state index contributed by atoms with van der Waals surface area (Å²) >= 11 is 0. The quantitative estimate of drug-likeness (QED) is 0.800. The molecule has 0 saturated carbocycles. The lowest BCUT2D eigenvalue weighted by atomic mass is 10.1. The predicted molar refractivity (Wildman–Crippen MR) is 75.8 cm³/mol. The zero-order valence-electron chi connectivity index (χ0n) is 12.1. The average molecular weight is 279 g/mol. The van der Waals surface area contributed by atoms with Crippen LogP contribution in [0.15, 0.2) is 24.3 Å². The minimum atomic E-state index is -1.05. The Balaban J connectivity index is 2.77. The predicted octanol–water partition coefficient (Wildman–Crippen LogP) is 2.00. The van der Waals surface area contributed by atoms with Gasteiger partial charge in [-0.05, 0) is 31.0 Å². The molecule has 1 rings (SSSR count). The van der Waals surface area contributed by atoms with Crippen LogP contribution in [0.4, 0.5) is 0 Å². The van der Waals surface area contributed by atoms with E-state index < -0.39 is 12.0 Å². The standard InChI is InChI=1S/C15H21NO4/c1-4-10(2)20-13-7-5-6-12(8-13)9-14(15(18)19)16-11(3)17/h5-8,10,14H,4,9H2,1-3H3,(H,16,17)(H,18,19). The third kappa shape index (κ3) is 5.30. The SMILES string of the molecule is CCC(C)Oc1cccc(CC(NC(C)=O)C(=O)O)c1. The van der Waals surface area contributed by atoms with Gasteiger partial charge in [-0.25, -0.2) is 4.79 Å². The molecule has 2 N–H and O–H groups in total. The molecule has 0 aliphatic carbocycles. The van der Waals surface area contributed by atoms with Gasteiger partial charge in [-0.2, -0.15) is 0 Å². The van der Waals surface area contributed by atoms with Crippen LogP contribution in [0.2, 0.25) is 0 Å². The molecule has 0 aliphatic heterocycles. The number of aliphatic carboxylic acids is 1. The van der Waals surface area contributed by atoms with E-state index in [0.717, 1.165) is 12.0 Å². The van der Waals surface area contributed by atoms with E-state index in [2.05, 4.69) is 5.32 Å². The van der Waals surface area contributed by atoms with Crippen molar-refractivity contribution >= 4 is 11.9 Å². The van der Waals surface area contributed by atoms with Crippen molar-refractivity contribution in [3.8, 4) is 5.75 Å². The van der Waals surface area contributed by atoms with E-state index in [9.17, 15) is 9.59 Å². The van der Waals surface area contributed by atoms with Crippen LogP contribution in [-0.4, -0.2) is 29.1 Å². The fourth-order valence-electron chi connectivity index (χ4n) is 1.74. The number of nitrogens with one attached hydrogen (secondary N) is 1. The second-order valence-corrected chi connectivity index (χ2v) is 4.78. The Kier molecular flexibility index (Phi) is 6.03. The van der Waals surface area contributed by atoms with Crippen molar-refractivity contribution in [2.24, 2.45) is 0 Å². The molecule has 2 atom stereocenters. The first-order valence-electron chi connectivity index (χ1n) is 6.67. The van der Waals surface area contributed by atoms with Gasteiger partial charge in [0.25, 0.3) is 0 Å². The maximum Gasteiger partial charge on any atom is 0.326 e. The average Bonchev–Trinajstić information content (AvgIpc) is 2.37. The number of hydrogen-bond acceptors (Lipinski definition) is 3. The molecule has 5 nitrogen and oxygen atoms in total. The van der Waals surface area contributed by atoms with Crippen LogP contribution in [0.5, 0.6) is 5.75 Å². The summed E-state index contributed by atoms with van der Waals surface area (Å²) in [7, 11) is 0. The molecular formula is C15H21NO4. The van der Waals surface area contributed by atoms with Crippen LogP contribution in [0, 0.1) is 0 Å². The monoisotopic (exact) mass is 279 g/mol. The fraction of sp³-hybridized carbons (Fsp3) is 0.467. The molecule has 0 aliphatic rings. The van der Waals surface area contributed by atoms with Crippen molar-refractivity contribution in [1.82, 2.24) is 5.32 Å². The lowest BCUT2D eigenvalue weighted by molar-refractivity contribution is -0.141. The summed E-state index contributed by atoms with van der Waals surface area (Å²) in [6, 6.07) is 6.36. The van der Waals surface area contributed by atoms with Crippen LogP contribution < -0.4 is 10.1 Å². The Morgan fingerprint density at radius 1 is 1.40 bits per heavy atom. The van der Waals surface area contributed by atoms with Gasteiger partial charge in [0.15, 0.2) is 0 Å². The third-order valence-electron chi connectivity index (χ3n) is 2.93. The van der Waals surface area contributed by atoms with E-state index in [0.29, 0.717) is 5.75 Å². The molecule has 2 unspecified atom stereocenters. The zero-order valence-corrected chi connectivity index (χ0v) is 12.1. The minimum Gasteiger partial charge on any atom is -0.491 e. The number of amides is 1. The van der Waals surface area contributed by atoms with Crippen molar-refractivity contribution in [3.05, 3.63) is 29.8 Å². The molecule has 1 aromatic rings. The van der Waals surface area contributed by atoms with Gasteiger partial charge in [0.05, 0.1) is 6.10 Å². The van der Waals surface area contributed by atoms with Crippen molar-refractivity contribution in [3.63, 3.8) is 0 Å². The largest absolute Gasteiger partial charge is 0.491 e. The van der Waals surface area contributed by atoms with E-state index in [1.807, 2.05) is 38.1 Å². The first-order chi connectivity index (χ1) is 9.42. The lowest BCUT2D eigenvalue weighted by Gasteiger charge is -2.16. The van der Waals surface area contributed by atoms with Crippen LogP contribution in [0.25, 0.3) is 0 Å². The van der Waals surface area contributed by atoms with Crippen LogP contribution in [0.1, 0.15) is 32.8 Å². The molecule has 0 bridgehead atoms. The molecule has 5 heteroatoms. The highest BCUT2D eigenvalue weighted by Gasteiger charge is 2.19. The Hall–Kier alpha value is -2.04. The highest BCUT2D eigenvalue weighted by Crippen LogP contribution is 2.17. The number of carboxylic acid groups (broad SMARTS) is 1. The number of hydrogen-bond donors (Lipinski definition) is 2. The second-order valence-electron chi connectivity index (χ2n) is 4.78. The molecule has 0 radical (unpaired) electrons. The second kappa shape index (κ2) is 7.53. The smallest absolute Gasteiger partial charge is 0.326 e. The normalized spacial score (nSPS) is 13.3. The number of ether oxygens (including phenoxy) is 1. The van der Waals surface area contributed by atoms with Gasteiger partial charge >= 0.3 is 5.97 Å². The van der Waals surface area contributed by atoms with Gasteiger partial charge in [-0.15, -0.1) is 0 Å². The summed E-state index contributed by atoms with van der Waals surface area (Å²) < 4.78 is 5.69. The summed E-state index contributed by atoms with van der Waals surface area (Å²) in [6.45, 7) is 5.31. The molecular weight excluding hydrogens is 258 g/mol. The Labute approximate surface area is 118 Å². The summed E-state index contributed by atoms with van der Waals surface area (Å²) in [5, 5.41) is 11.5. The molecule has 1 amide bonds. The molecule has 0 aromatic heterocycles. The number of carbonyl (C=O) groups excluding carboxylic acids is 1. The molecule has 0 saturated heterocycles. The number of carboxylic acids is 1. The van der Waals surface area contributed by atoms with E-state index in [1.165, 1.54) is 6.92 Å². The molecule has 110 valence electrons. The highest BCUT2D eigenvalue weighted by atomic mass is 16.5. The van der Waals surface area contributed by atoms with Crippen molar-refractivity contribution < 1.29 is 19.4 Å². The number of rotatable bonds is 7. The number of benzene rings is 1. The van der Waals surface area contributed by atoms with Gasteiger partial charge < -0.3 is 15.2 Å². The van der Waals surface area contributed by atoms with Crippen LogP contribution in [-0.2, 0) is 16.0 Å². The van der Waals surface area contributed by atoms with Crippen LogP contribution in [0.3, 0.4) is 0 Å². The molecule has 0 fully saturated rings. The van der Waals surface area contributed by atoms with Crippen molar-refractivity contribution in [2.45, 2.75) is 45.8 Å². The maximum absolute atomic E-state index is 11.1. The summed E-state index contributed by atoms with van der Waals surface area (Å²) in [5.41, 5.74) is 0.812. The van der Waals surface area contributed by atoms with E-state index in [1.54, 1.807) is 0 Å². The van der Waals surface area contributed by atoms with Crippen molar-refractivity contribution in [1.29, 1.82) is 0 Å². The van der Waals surface area contributed by atoms with E-state index in [4.69, 9.17) is 9.84 Å². The first-order valence-corrected chi connectivity index (χ1v) is 6.67. The Morgan fingerprint density at radius 2 is 2.10 bits per heavy atom. The minimum absolute atomic E-state index is 0.107. The molecule has 20 heavy (non-hydrogen) atoms. The summed E-state index contributed by atoms with van der Waals surface area (Å²) in [5.74, 6) is -0.693. The number of carbonyl (C=O) groups is 2. The van der Waals surface area contributed by atoms with Gasteiger partial charge in [-0.1, -0.05) is 19.1 Å². The first kappa shape index (κ1) is 16.0. The Bertz CT molecular complexity index is 473. The van der Waals surface area contributed by atoms with E-state index in [-0.39, 0.29) is 18.4 Å². The topological polar surface area (TPSA) is 75.6 Å². The summed E-state index contributed by atoms with van der Waals surface area (Å²) in [6.07, 6.45) is 1.23. The van der Waals surface area contributed by atoms with E-state index >= 15 is 0 Å². The summed E-state index contributed by atoms with van der Waals surface area (Å²) in [4.78, 5) is 22.1. The zero-order chi connectivity index (χ0) is 15.1. The van der Waals surface area contributed by atoms with Crippen LogP contribution >= 0.6 is 0 Å². The fourth-order valence-corrected chi connectivity index (χ4v) is 1.74. The highest BCUT2D eigenvalue weighted by molar-refractivity contribution is 5.82. The molecule has 1 aromatic carbocycles. The van der Waals surface area contributed by atoms with Crippen molar-refractivity contribution in [2.75, 3.05) is 0 Å². The molecule has 0 spiro atoms. The third-order valence-corrected chi connectivity index (χ3v) is 2.93.